The lowest BCUT2D eigenvalue weighted by Gasteiger charge is -2.55. The van der Waals surface area contributed by atoms with Crippen molar-refractivity contribution in [2.45, 2.75) is 31.4 Å². The second kappa shape index (κ2) is 11.5. The second-order valence-corrected chi connectivity index (χ2v) is 10.0. The van der Waals surface area contributed by atoms with Gasteiger partial charge in [-0.25, -0.2) is 23.6 Å². The number of amides is 4. The molecule has 12 heteroatoms. The number of fused-ring (bicyclic) bond motifs is 1. The number of rotatable bonds is 6. The average molecular weight is 566 g/mol. The van der Waals surface area contributed by atoms with Gasteiger partial charge in [-0.1, -0.05) is 48.5 Å². The summed E-state index contributed by atoms with van der Waals surface area (Å²) in [5.74, 6) is -2.85. The van der Waals surface area contributed by atoms with E-state index >= 15 is 0 Å². The van der Waals surface area contributed by atoms with E-state index in [0.29, 0.717) is 6.07 Å². The Balaban J connectivity index is 1.50. The zero-order chi connectivity index (χ0) is 29.3. The van der Waals surface area contributed by atoms with Crippen molar-refractivity contribution in [1.82, 2.24) is 25.1 Å². The van der Waals surface area contributed by atoms with E-state index in [2.05, 4.69) is 5.32 Å². The Hall–Kier alpha value is -4.55. The summed E-state index contributed by atoms with van der Waals surface area (Å²) in [7, 11) is 1.56. The van der Waals surface area contributed by atoms with E-state index in [-0.39, 0.29) is 43.1 Å². The van der Waals surface area contributed by atoms with Crippen LogP contribution < -0.4 is 5.32 Å². The molecule has 3 N–H and O–H groups in total. The molecule has 3 aromatic carbocycles. The first kappa shape index (κ1) is 28.0. The number of hydrogen-bond donors (Lipinski definition) is 3. The van der Waals surface area contributed by atoms with Crippen molar-refractivity contribution < 1.29 is 33.4 Å². The minimum Gasteiger partial charge on any atom is -0.508 e. The number of hydrogen-bond acceptors (Lipinski definition) is 6. The number of urea groups is 1. The number of nitrogens with zero attached hydrogens (tertiary/aromatic N) is 4. The molecule has 41 heavy (non-hydrogen) atoms. The Morgan fingerprint density at radius 3 is 2.44 bits per heavy atom. The SMILES string of the molecule is CN1CC(=O)N2[C@@H]([C@H](O)c3ccc(O)cc3)C(=O)N(Cc3ccc(F)cc3F)C[C@@H]2N1C(=O)NCc1ccccc1. The molecule has 0 unspecified atom stereocenters. The largest absolute Gasteiger partial charge is 0.508 e. The van der Waals surface area contributed by atoms with Crippen molar-refractivity contribution in [3.63, 3.8) is 0 Å². The monoisotopic (exact) mass is 565 g/mol. The number of nitrogens with one attached hydrogen (secondary N) is 1. The third-order valence-electron chi connectivity index (χ3n) is 7.28. The van der Waals surface area contributed by atoms with E-state index in [0.717, 1.165) is 11.6 Å². The highest BCUT2D eigenvalue weighted by atomic mass is 19.1. The van der Waals surface area contributed by atoms with Crippen LogP contribution in [0.25, 0.3) is 0 Å². The van der Waals surface area contributed by atoms with Crippen molar-refractivity contribution >= 4 is 17.8 Å². The summed E-state index contributed by atoms with van der Waals surface area (Å²) in [5, 5.41) is 26.7. The Bertz CT molecular complexity index is 1440. The van der Waals surface area contributed by atoms with Crippen LogP contribution in [0.2, 0.25) is 0 Å². The van der Waals surface area contributed by atoms with Crippen molar-refractivity contribution in [1.29, 1.82) is 0 Å². The maximum atomic E-state index is 14.6. The Morgan fingerprint density at radius 1 is 1.05 bits per heavy atom. The number of likely N-dealkylation sites (N-methyl/N-ethyl adjacent to an activating group) is 1. The van der Waals surface area contributed by atoms with Crippen LogP contribution in [0.5, 0.6) is 5.75 Å². The summed E-state index contributed by atoms with van der Waals surface area (Å²) in [5.41, 5.74) is 1.13. The maximum absolute atomic E-state index is 14.6. The summed E-state index contributed by atoms with van der Waals surface area (Å²) in [6, 6.07) is 15.7. The third kappa shape index (κ3) is 5.70. The fourth-order valence-corrected chi connectivity index (χ4v) is 5.25. The summed E-state index contributed by atoms with van der Waals surface area (Å²) < 4.78 is 28.2. The van der Waals surface area contributed by atoms with Crippen LogP contribution in [0, 0.1) is 11.6 Å². The van der Waals surface area contributed by atoms with Crippen LogP contribution in [-0.4, -0.2) is 80.2 Å². The van der Waals surface area contributed by atoms with Crippen molar-refractivity contribution in [3.8, 4) is 5.75 Å². The molecule has 0 saturated carbocycles. The number of phenols is 1. The molecule has 3 aromatic rings. The Kier molecular flexibility index (Phi) is 7.86. The lowest BCUT2D eigenvalue weighted by atomic mass is 9.95. The molecule has 2 aliphatic heterocycles. The van der Waals surface area contributed by atoms with Crippen molar-refractivity contribution in [2.75, 3.05) is 20.1 Å². The predicted molar refractivity (Wildman–Crippen MR) is 142 cm³/mol. The van der Waals surface area contributed by atoms with Gasteiger partial charge in [-0.05, 0) is 29.3 Å². The van der Waals surface area contributed by atoms with Gasteiger partial charge < -0.3 is 25.3 Å². The highest BCUT2D eigenvalue weighted by Crippen LogP contribution is 2.33. The molecule has 5 rings (SSSR count). The predicted octanol–water partition coefficient (Wildman–Crippen LogP) is 2.34. The van der Waals surface area contributed by atoms with Crippen molar-refractivity contribution in [2.24, 2.45) is 0 Å². The van der Waals surface area contributed by atoms with Gasteiger partial charge in [0.1, 0.15) is 35.7 Å². The molecule has 0 bridgehead atoms. The minimum absolute atomic E-state index is 0.0293. The number of halogens is 2. The minimum atomic E-state index is -1.53. The maximum Gasteiger partial charge on any atom is 0.334 e. The molecule has 2 fully saturated rings. The van der Waals surface area contributed by atoms with Gasteiger partial charge in [0.2, 0.25) is 11.8 Å². The normalized spacial score (nSPS) is 20.1. The molecule has 0 spiro atoms. The molecule has 2 aliphatic rings. The number of aromatic hydroxyl groups is 1. The quantitative estimate of drug-likeness (QED) is 0.423. The fraction of sp³-hybridized carbons (Fsp3) is 0.276. The number of benzene rings is 3. The van der Waals surface area contributed by atoms with Gasteiger partial charge in [0.05, 0.1) is 13.1 Å². The van der Waals surface area contributed by atoms with Gasteiger partial charge in [-0.3, -0.25) is 9.59 Å². The fourth-order valence-electron chi connectivity index (χ4n) is 5.25. The van der Waals surface area contributed by atoms with Gasteiger partial charge in [-0.2, -0.15) is 0 Å². The first-order chi connectivity index (χ1) is 19.6. The second-order valence-electron chi connectivity index (χ2n) is 10.0. The number of carbonyl (C=O) groups excluding carboxylic acids is 3. The van der Waals surface area contributed by atoms with E-state index < -0.39 is 47.8 Å². The highest BCUT2D eigenvalue weighted by molar-refractivity contribution is 5.92. The van der Waals surface area contributed by atoms with Gasteiger partial charge in [-0.15, -0.1) is 0 Å². The molecule has 2 saturated heterocycles. The van der Waals surface area contributed by atoms with E-state index in [4.69, 9.17) is 0 Å². The lowest BCUT2D eigenvalue weighted by Crippen LogP contribution is -2.76. The molecule has 4 amide bonds. The van der Waals surface area contributed by atoms with E-state index in [9.17, 15) is 33.4 Å². The number of aliphatic hydroxyl groups is 1. The van der Waals surface area contributed by atoms with Crippen LogP contribution in [0.3, 0.4) is 0 Å². The molecule has 10 nitrogen and oxygen atoms in total. The smallest absolute Gasteiger partial charge is 0.334 e. The number of phenolic OH excluding ortho intramolecular Hbond substituents is 1. The molecule has 0 aromatic heterocycles. The molecule has 0 radical (unpaired) electrons. The van der Waals surface area contributed by atoms with E-state index in [1.54, 1.807) is 7.05 Å². The van der Waals surface area contributed by atoms with Crippen LogP contribution in [0.1, 0.15) is 22.8 Å². The van der Waals surface area contributed by atoms with Gasteiger partial charge in [0, 0.05) is 31.8 Å². The molecular formula is C29H29F2N5O5. The topological polar surface area (TPSA) is 117 Å². The van der Waals surface area contributed by atoms with Crippen LogP contribution in [0.15, 0.2) is 72.8 Å². The summed E-state index contributed by atoms with van der Waals surface area (Å²) in [4.78, 5) is 43.2. The first-order valence-corrected chi connectivity index (χ1v) is 13.0. The number of hydrazine groups is 1. The Labute approximate surface area is 235 Å². The van der Waals surface area contributed by atoms with Crippen molar-refractivity contribution in [3.05, 3.63) is 101 Å². The van der Waals surface area contributed by atoms with Gasteiger partial charge in [0.15, 0.2) is 0 Å². The molecular weight excluding hydrogens is 536 g/mol. The first-order valence-electron chi connectivity index (χ1n) is 13.0. The number of aliphatic hydroxyl groups excluding tert-OH is 1. The van der Waals surface area contributed by atoms with Crippen LogP contribution in [-0.2, 0) is 22.7 Å². The summed E-state index contributed by atoms with van der Waals surface area (Å²) in [6.45, 7) is -0.518. The molecule has 0 aliphatic carbocycles. The zero-order valence-corrected chi connectivity index (χ0v) is 22.2. The van der Waals surface area contributed by atoms with E-state index in [1.807, 2.05) is 30.3 Å². The number of carbonyl (C=O) groups is 3. The summed E-state index contributed by atoms with van der Waals surface area (Å²) >= 11 is 0. The van der Waals surface area contributed by atoms with Gasteiger partial charge in [0.25, 0.3) is 0 Å². The lowest BCUT2D eigenvalue weighted by molar-refractivity contribution is -0.194. The average Bonchev–Trinajstić information content (AvgIpc) is 2.94. The summed E-state index contributed by atoms with van der Waals surface area (Å²) in [6.07, 6.45) is -2.58. The zero-order valence-electron chi connectivity index (χ0n) is 22.2. The third-order valence-corrected chi connectivity index (χ3v) is 7.28. The van der Waals surface area contributed by atoms with Crippen LogP contribution >= 0.6 is 0 Å². The molecule has 214 valence electrons. The highest BCUT2D eigenvalue weighted by Gasteiger charge is 2.53. The van der Waals surface area contributed by atoms with E-state index in [1.165, 1.54) is 50.1 Å². The van der Waals surface area contributed by atoms with Crippen LogP contribution in [0.4, 0.5) is 13.6 Å². The molecule has 3 atom stereocenters. The number of piperazine rings is 1. The molecule has 2 heterocycles. The van der Waals surface area contributed by atoms with Gasteiger partial charge >= 0.3 is 6.03 Å². The Morgan fingerprint density at radius 2 is 1.76 bits per heavy atom. The standard InChI is InChI=1S/C29H29F2N5O5/c1-33-17-25(38)35-24(36(33)29(41)32-14-18-5-3-2-4-6-18)16-34(15-20-7-10-21(30)13-23(20)31)28(40)26(35)27(39)19-8-11-22(37)12-9-19/h2-13,24,26-27,37,39H,14-17H2,1H3,(H,32,41)/t24-,26-,27+/m0/s1.